The van der Waals surface area contributed by atoms with Gasteiger partial charge in [0.05, 0.1) is 6.20 Å². The van der Waals surface area contributed by atoms with Gasteiger partial charge in [0.2, 0.25) is 17.8 Å². The van der Waals surface area contributed by atoms with Crippen LogP contribution in [0.2, 0.25) is 0 Å². The minimum absolute atomic E-state index is 0.0303. The molecular weight excluding hydrogens is 435 g/mol. The van der Waals surface area contributed by atoms with E-state index in [0.717, 1.165) is 25.9 Å². The van der Waals surface area contributed by atoms with E-state index in [4.69, 9.17) is 5.73 Å². The third kappa shape index (κ3) is 4.07. The Labute approximate surface area is 188 Å². The van der Waals surface area contributed by atoms with Crippen molar-refractivity contribution in [1.82, 2.24) is 24.4 Å². The van der Waals surface area contributed by atoms with Crippen molar-refractivity contribution in [3.05, 3.63) is 35.8 Å². The minimum atomic E-state index is -1.07. The molecule has 2 aromatic heterocycles. The molecule has 174 valence electrons. The number of carbonyl (C=O) groups is 1. The molecule has 8 nitrogen and oxygen atoms in total. The zero-order chi connectivity index (χ0) is 23.1. The topological polar surface area (TPSA) is 102 Å². The number of hydrogen-bond donors (Lipinski definition) is 2. The predicted molar refractivity (Wildman–Crippen MR) is 116 cm³/mol. The second-order valence-electron chi connectivity index (χ2n) is 8.65. The van der Waals surface area contributed by atoms with Crippen molar-refractivity contribution in [2.75, 3.05) is 24.1 Å². The van der Waals surface area contributed by atoms with Crippen molar-refractivity contribution >= 4 is 34.7 Å². The van der Waals surface area contributed by atoms with E-state index in [0.29, 0.717) is 49.0 Å². The first kappa shape index (κ1) is 21.5. The molecule has 0 atom stereocenters. The molecule has 0 radical (unpaired) electrons. The number of nitrogens with one attached hydrogen (secondary N) is 1. The van der Waals surface area contributed by atoms with Crippen LogP contribution in [0.3, 0.4) is 0 Å². The highest BCUT2D eigenvalue weighted by atomic mass is 19.1. The number of rotatable bonds is 4. The number of benzene rings is 1. The Balaban J connectivity index is 1.45. The summed E-state index contributed by atoms with van der Waals surface area (Å²) >= 11 is 0. The number of fused-ring (bicyclic) bond motifs is 1. The van der Waals surface area contributed by atoms with Gasteiger partial charge in [-0.1, -0.05) is 0 Å². The fourth-order valence-corrected chi connectivity index (χ4v) is 4.89. The minimum Gasteiger partial charge on any atom is -0.368 e. The number of aromatic nitrogens is 4. The normalized spacial score (nSPS) is 21.0. The van der Waals surface area contributed by atoms with E-state index in [-0.39, 0.29) is 29.8 Å². The molecule has 2 aliphatic rings. The molecule has 33 heavy (non-hydrogen) atoms. The maximum Gasteiger partial charge on any atom is 0.225 e. The van der Waals surface area contributed by atoms with Crippen LogP contribution in [0, 0.1) is 23.4 Å². The maximum atomic E-state index is 14.3. The first-order valence-corrected chi connectivity index (χ1v) is 11.1. The summed E-state index contributed by atoms with van der Waals surface area (Å²) in [4.78, 5) is 27.4. The Morgan fingerprint density at radius 2 is 1.70 bits per heavy atom. The Bertz CT molecular complexity index is 1180. The van der Waals surface area contributed by atoms with Gasteiger partial charge in [-0.15, -0.1) is 0 Å². The molecule has 1 aliphatic carbocycles. The van der Waals surface area contributed by atoms with Gasteiger partial charge in [0.25, 0.3) is 0 Å². The molecule has 0 unspecified atom stereocenters. The van der Waals surface area contributed by atoms with E-state index < -0.39 is 23.1 Å². The highest BCUT2D eigenvalue weighted by Gasteiger charge is 2.33. The lowest BCUT2D eigenvalue weighted by atomic mass is 9.85. The van der Waals surface area contributed by atoms with Crippen molar-refractivity contribution in [3.8, 4) is 0 Å². The lowest BCUT2D eigenvalue weighted by molar-refractivity contribution is -0.135. The number of amides is 1. The molecule has 3 aromatic rings. The number of nitrogens with zero attached hydrogens (tertiary/aromatic N) is 5. The maximum absolute atomic E-state index is 14.3. The average molecular weight is 459 g/mol. The molecule has 1 saturated carbocycles. The molecule has 0 bridgehead atoms. The zero-order valence-electron chi connectivity index (χ0n) is 17.9. The molecule has 3 heterocycles. The molecule has 11 heteroatoms. The van der Waals surface area contributed by atoms with Gasteiger partial charge < -0.3 is 16.0 Å². The van der Waals surface area contributed by atoms with E-state index in [2.05, 4.69) is 20.3 Å². The Kier molecular flexibility index (Phi) is 5.55. The first-order chi connectivity index (χ1) is 15.9. The van der Waals surface area contributed by atoms with E-state index in [1.807, 2.05) is 4.90 Å². The van der Waals surface area contributed by atoms with Crippen LogP contribution in [0.1, 0.15) is 44.6 Å². The number of halogens is 3. The molecule has 1 saturated heterocycles. The van der Waals surface area contributed by atoms with Crippen molar-refractivity contribution in [2.24, 2.45) is 5.92 Å². The van der Waals surface area contributed by atoms with Crippen molar-refractivity contribution in [3.63, 3.8) is 0 Å². The number of imidazole rings is 1. The molecule has 2 fully saturated rings. The molecule has 1 aromatic carbocycles. The summed E-state index contributed by atoms with van der Waals surface area (Å²) in [6.07, 6.45) is 6.27. The lowest BCUT2D eigenvalue weighted by Gasteiger charge is -2.31. The second kappa shape index (κ2) is 8.53. The van der Waals surface area contributed by atoms with Crippen LogP contribution < -0.4 is 11.1 Å². The predicted octanol–water partition coefficient (Wildman–Crippen LogP) is 3.92. The van der Waals surface area contributed by atoms with Gasteiger partial charge in [0, 0.05) is 37.2 Å². The highest BCUT2D eigenvalue weighted by molar-refractivity contribution is 5.79. The summed E-state index contributed by atoms with van der Waals surface area (Å²) in [7, 11) is 0. The van der Waals surface area contributed by atoms with Gasteiger partial charge in [-0.3, -0.25) is 9.36 Å². The standard InChI is InChI=1S/C22H24F3N7O/c23-13-9-15(24)18(16(25)10-13)29-22-28-17-11-27-21(26)30-19(17)32(22)14-5-3-12(4-6-14)20(33)31-7-1-2-8-31/h9-12,14H,1-8H2,(H,28,29)(H2,26,27,30). The third-order valence-electron chi connectivity index (χ3n) is 6.52. The summed E-state index contributed by atoms with van der Waals surface area (Å²) in [6, 6.07) is 1.09. The van der Waals surface area contributed by atoms with Crippen LogP contribution in [0.5, 0.6) is 0 Å². The van der Waals surface area contributed by atoms with Gasteiger partial charge in [-0.2, -0.15) is 4.98 Å². The zero-order valence-corrected chi connectivity index (χ0v) is 17.9. The molecule has 1 aliphatic heterocycles. The van der Waals surface area contributed by atoms with Crippen LogP contribution in [0.4, 0.5) is 30.8 Å². The SMILES string of the molecule is Nc1ncc2nc(Nc3c(F)cc(F)cc3F)n(C3CCC(C(=O)N4CCCC4)CC3)c2n1. The average Bonchev–Trinajstić information content (AvgIpc) is 3.44. The second-order valence-corrected chi connectivity index (χ2v) is 8.65. The Hall–Kier alpha value is -3.37. The number of nitrogens with two attached hydrogens (primary N) is 1. The monoisotopic (exact) mass is 459 g/mol. The van der Waals surface area contributed by atoms with Gasteiger partial charge in [0.15, 0.2) is 17.3 Å². The number of carbonyl (C=O) groups excluding carboxylic acids is 1. The van der Waals surface area contributed by atoms with Crippen molar-refractivity contribution < 1.29 is 18.0 Å². The summed E-state index contributed by atoms with van der Waals surface area (Å²) in [5.41, 5.74) is 6.12. The van der Waals surface area contributed by atoms with Gasteiger partial charge in [-0.05, 0) is 38.5 Å². The van der Waals surface area contributed by atoms with Crippen molar-refractivity contribution in [1.29, 1.82) is 0 Å². The molecule has 1 amide bonds. The summed E-state index contributed by atoms with van der Waals surface area (Å²) in [5.74, 6) is -2.77. The smallest absolute Gasteiger partial charge is 0.225 e. The van der Waals surface area contributed by atoms with Crippen LogP contribution >= 0.6 is 0 Å². The quantitative estimate of drug-likeness (QED) is 0.613. The molecule has 0 spiro atoms. The number of likely N-dealkylation sites (tertiary alicyclic amines) is 1. The van der Waals surface area contributed by atoms with Crippen LogP contribution in [0.25, 0.3) is 11.2 Å². The summed E-state index contributed by atoms with van der Waals surface area (Å²) in [6.45, 7) is 1.65. The summed E-state index contributed by atoms with van der Waals surface area (Å²) in [5, 5.41) is 2.67. The highest BCUT2D eigenvalue weighted by Crippen LogP contribution is 2.38. The van der Waals surface area contributed by atoms with E-state index in [1.54, 1.807) is 4.57 Å². The molecule has 3 N–H and O–H groups in total. The van der Waals surface area contributed by atoms with Gasteiger partial charge >= 0.3 is 0 Å². The lowest BCUT2D eigenvalue weighted by Crippen LogP contribution is -2.36. The fourth-order valence-electron chi connectivity index (χ4n) is 4.89. The third-order valence-corrected chi connectivity index (χ3v) is 6.52. The van der Waals surface area contributed by atoms with Crippen molar-refractivity contribution in [2.45, 2.75) is 44.6 Å². The fraction of sp³-hybridized carbons (Fsp3) is 0.455. The number of nitrogen functional groups attached to an aromatic ring is 1. The Morgan fingerprint density at radius 3 is 2.36 bits per heavy atom. The summed E-state index contributed by atoms with van der Waals surface area (Å²) < 4.78 is 43.7. The van der Waals surface area contributed by atoms with Crippen LogP contribution in [-0.4, -0.2) is 43.4 Å². The van der Waals surface area contributed by atoms with Gasteiger partial charge in [0.1, 0.15) is 17.0 Å². The first-order valence-electron chi connectivity index (χ1n) is 11.1. The number of anilines is 3. The number of hydrogen-bond acceptors (Lipinski definition) is 6. The molecule has 5 rings (SSSR count). The largest absolute Gasteiger partial charge is 0.368 e. The van der Waals surface area contributed by atoms with E-state index >= 15 is 0 Å². The van der Waals surface area contributed by atoms with E-state index in [9.17, 15) is 18.0 Å². The van der Waals surface area contributed by atoms with Crippen LogP contribution in [0.15, 0.2) is 18.3 Å². The van der Waals surface area contributed by atoms with E-state index in [1.165, 1.54) is 6.20 Å². The molecular formula is C22H24F3N7O. The Morgan fingerprint density at radius 1 is 1.03 bits per heavy atom. The van der Waals surface area contributed by atoms with Crippen LogP contribution in [-0.2, 0) is 4.79 Å². The van der Waals surface area contributed by atoms with Gasteiger partial charge in [-0.25, -0.2) is 23.1 Å².